The van der Waals surface area contributed by atoms with Crippen LogP contribution in [0.25, 0.3) is 0 Å². The maximum absolute atomic E-state index is 13.2. The van der Waals surface area contributed by atoms with Crippen molar-refractivity contribution >= 4 is 11.8 Å². The van der Waals surface area contributed by atoms with Crippen molar-refractivity contribution in [2.24, 2.45) is 11.5 Å². The molecule has 0 spiro atoms. The van der Waals surface area contributed by atoms with Gasteiger partial charge in [0, 0.05) is 12.6 Å². The molecule has 1 saturated carbocycles. The molecule has 1 aliphatic carbocycles. The highest BCUT2D eigenvalue weighted by Gasteiger charge is 2.35. The molecule has 4 N–H and O–H groups in total. The second-order valence-corrected chi connectivity index (χ2v) is 5.10. The number of rotatable bonds is 6. The lowest BCUT2D eigenvalue weighted by Gasteiger charge is -2.25. The first-order valence-electron chi connectivity index (χ1n) is 6.56. The lowest BCUT2D eigenvalue weighted by Crippen LogP contribution is -2.46. The Morgan fingerprint density at radius 2 is 2.10 bits per heavy atom. The fraction of sp³-hybridized carbons (Fsp3) is 0.429. The van der Waals surface area contributed by atoms with Gasteiger partial charge in [-0.2, -0.15) is 0 Å². The Morgan fingerprint density at radius 3 is 2.65 bits per heavy atom. The van der Waals surface area contributed by atoms with Crippen LogP contribution in [0.2, 0.25) is 0 Å². The van der Waals surface area contributed by atoms with Crippen LogP contribution in [-0.4, -0.2) is 28.8 Å². The summed E-state index contributed by atoms with van der Waals surface area (Å²) in [4.78, 5) is 24.7. The number of nitrogens with two attached hydrogens (primary N) is 2. The third kappa shape index (κ3) is 3.77. The Balaban J connectivity index is 2.07. The molecule has 0 aromatic heterocycles. The van der Waals surface area contributed by atoms with Gasteiger partial charge in [-0.15, -0.1) is 0 Å². The van der Waals surface area contributed by atoms with Crippen molar-refractivity contribution in [1.82, 2.24) is 4.90 Å². The minimum absolute atomic E-state index is 0.129. The summed E-state index contributed by atoms with van der Waals surface area (Å²) >= 11 is 0. The summed E-state index contributed by atoms with van der Waals surface area (Å²) in [5.41, 5.74) is 11.5. The third-order valence-electron chi connectivity index (χ3n) is 3.25. The van der Waals surface area contributed by atoms with E-state index in [0.717, 1.165) is 12.8 Å². The van der Waals surface area contributed by atoms with E-state index in [-0.39, 0.29) is 24.2 Å². The highest BCUT2D eigenvalue weighted by atomic mass is 19.1. The zero-order chi connectivity index (χ0) is 14.7. The lowest BCUT2D eigenvalue weighted by molar-refractivity contribution is -0.135. The van der Waals surface area contributed by atoms with Crippen LogP contribution in [0.1, 0.15) is 24.8 Å². The topological polar surface area (TPSA) is 89.4 Å². The van der Waals surface area contributed by atoms with E-state index in [2.05, 4.69) is 0 Å². The molecule has 1 aromatic rings. The average molecular weight is 279 g/mol. The number of hydrogen-bond donors (Lipinski definition) is 2. The van der Waals surface area contributed by atoms with Crippen LogP contribution in [0.5, 0.6) is 0 Å². The van der Waals surface area contributed by atoms with E-state index in [4.69, 9.17) is 11.5 Å². The number of carbonyl (C=O) groups excluding carboxylic acids is 2. The highest BCUT2D eigenvalue weighted by Crippen LogP contribution is 2.29. The van der Waals surface area contributed by atoms with Gasteiger partial charge in [-0.25, -0.2) is 4.39 Å². The molecule has 108 valence electrons. The minimum atomic E-state index is -0.929. The van der Waals surface area contributed by atoms with Crippen LogP contribution in [0.4, 0.5) is 4.39 Å². The molecule has 0 heterocycles. The lowest BCUT2D eigenvalue weighted by atomic mass is 10.1. The summed E-state index contributed by atoms with van der Waals surface area (Å²) < 4.78 is 13.2. The van der Waals surface area contributed by atoms with Gasteiger partial charge in [-0.05, 0) is 30.5 Å². The zero-order valence-electron chi connectivity index (χ0n) is 11.1. The van der Waals surface area contributed by atoms with Crippen molar-refractivity contribution in [2.75, 3.05) is 0 Å². The minimum Gasteiger partial charge on any atom is -0.370 e. The molecule has 0 aliphatic heterocycles. The van der Waals surface area contributed by atoms with Gasteiger partial charge in [-0.3, -0.25) is 9.59 Å². The summed E-state index contributed by atoms with van der Waals surface area (Å²) in [7, 11) is 0. The number of benzene rings is 1. The van der Waals surface area contributed by atoms with Gasteiger partial charge >= 0.3 is 0 Å². The molecule has 1 aromatic carbocycles. The summed E-state index contributed by atoms with van der Waals surface area (Å²) in [6, 6.07) is 5.30. The van der Waals surface area contributed by atoms with E-state index in [0.29, 0.717) is 12.1 Å². The normalized spacial score (nSPS) is 15.7. The van der Waals surface area contributed by atoms with E-state index in [1.807, 2.05) is 0 Å². The Labute approximate surface area is 116 Å². The Hall–Kier alpha value is -1.95. The standard InChI is InChI=1S/C14H18FN3O2/c15-10-3-1-2-9(6-10)8-18(11-4-5-11)14(20)12(16)7-13(17)19/h1-3,6,11-12H,4-5,7-8,16H2,(H2,17,19). The number of hydrogen-bond acceptors (Lipinski definition) is 3. The van der Waals surface area contributed by atoms with Gasteiger partial charge < -0.3 is 16.4 Å². The van der Waals surface area contributed by atoms with Crippen LogP contribution in [-0.2, 0) is 16.1 Å². The van der Waals surface area contributed by atoms with Gasteiger partial charge in [0.25, 0.3) is 0 Å². The van der Waals surface area contributed by atoms with Crippen molar-refractivity contribution in [3.8, 4) is 0 Å². The van der Waals surface area contributed by atoms with Crippen molar-refractivity contribution < 1.29 is 14.0 Å². The molecule has 1 fully saturated rings. The van der Waals surface area contributed by atoms with Crippen LogP contribution >= 0.6 is 0 Å². The molecular formula is C14H18FN3O2. The first-order valence-corrected chi connectivity index (χ1v) is 6.56. The van der Waals surface area contributed by atoms with Gasteiger partial charge in [-0.1, -0.05) is 12.1 Å². The van der Waals surface area contributed by atoms with E-state index in [9.17, 15) is 14.0 Å². The van der Waals surface area contributed by atoms with Crippen LogP contribution in [0.15, 0.2) is 24.3 Å². The summed E-state index contributed by atoms with van der Waals surface area (Å²) in [6.45, 7) is 0.299. The quantitative estimate of drug-likeness (QED) is 0.795. The van der Waals surface area contributed by atoms with Crippen molar-refractivity contribution in [1.29, 1.82) is 0 Å². The maximum Gasteiger partial charge on any atom is 0.240 e. The first kappa shape index (κ1) is 14.5. The molecular weight excluding hydrogens is 261 g/mol. The predicted octanol–water partition coefficient (Wildman–Crippen LogP) is 0.519. The fourth-order valence-electron chi connectivity index (χ4n) is 2.12. The molecule has 0 radical (unpaired) electrons. The van der Waals surface area contributed by atoms with E-state index in [1.54, 1.807) is 17.0 Å². The average Bonchev–Trinajstić information content (AvgIpc) is 3.18. The monoisotopic (exact) mass is 279 g/mol. The Morgan fingerprint density at radius 1 is 1.40 bits per heavy atom. The second kappa shape index (κ2) is 6.00. The fourth-order valence-corrected chi connectivity index (χ4v) is 2.12. The summed E-state index contributed by atoms with van der Waals surface area (Å²) in [6.07, 6.45) is 1.64. The number of primary amides is 1. The molecule has 20 heavy (non-hydrogen) atoms. The SMILES string of the molecule is NC(=O)CC(N)C(=O)N(Cc1cccc(F)c1)C1CC1. The smallest absolute Gasteiger partial charge is 0.240 e. The van der Waals surface area contributed by atoms with Gasteiger partial charge in [0.2, 0.25) is 11.8 Å². The predicted molar refractivity (Wildman–Crippen MR) is 71.8 cm³/mol. The van der Waals surface area contributed by atoms with Gasteiger partial charge in [0.05, 0.1) is 12.5 Å². The van der Waals surface area contributed by atoms with Crippen LogP contribution < -0.4 is 11.5 Å². The molecule has 2 rings (SSSR count). The molecule has 1 unspecified atom stereocenters. The molecule has 5 nitrogen and oxygen atoms in total. The van der Waals surface area contributed by atoms with Crippen molar-refractivity contribution in [3.63, 3.8) is 0 Å². The second-order valence-electron chi connectivity index (χ2n) is 5.10. The Bertz CT molecular complexity index is 517. The van der Waals surface area contributed by atoms with Crippen molar-refractivity contribution in [2.45, 2.75) is 37.9 Å². The molecule has 0 bridgehead atoms. The Kier molecular flexibility index (Phi) is 4.34. The molecule has 2 amide bonds. The highest BCUT2D eigenvalue weighted by molar-refractivity contribution is 5.87. The number of nitrogens with zero attached hydrogens (tertiary/aromatic N) is 1. The zero-order valence-corrected chi connectivity index (χ0v) is 11.1. The van der Waals surface area contributed by atoms with Crippen LogP contribution in [0, 0.1) is 5.82 Å². The molecule has 6 heteroatoms. The number of amides is 2. The molecule has 1 aliphatic rings. The first-order chi connectivity index (χ1) is 9.47. The van der Waals surface area contributed by atoms with Gasteiger partial charge in [0.15, 0.2) is 0 Å². The van der Waals surface area contributed by atoms with E-state index >= 15 is 0 Å². The summed E-state index contributed by atoms with van der Waals surface area (Å²) in [5.74, 6) is -1.25. The van der Waals surface area contributed by atoms with Gasteiger partial charge in [0.1, 0.15) is 5.82 Å². The maximum atomic E-state index is 13.2. The third-order valence-corrected chi connectivity index (χ3v) is 3.25. The molecule has 1 atom stereocenters. The van der Waals surface area contributed by atoms with E-state index in [1.165, 1.54) is 12.1 Å². The van der Waals surface area contributed by atoms with E-state index < -0.39 is 11.9 Å². The number of carbonyl (C=O) groups is 2. The number of halogens is 1. The largest absolute Gasteiger partial charge is 0.370 e. The molecule has 0 saturated heterocycles. The summed E-state index contributed by atoms with van der Waals surface area (Å²) in [5, 5.41) is 0. The van der Waals surface area contributed by atoms with Crippen LogP contribution in [0.3, 0.4) is 0 Å². The van der Waals surface area contributed by atoms with Crippen molar-refractivity contribution in [3.05, 3.63) is 35.6 Å².